The number of aromatic amines is 1. The Morgan fingerprint density at radius 3 is 2.59 bits per heavy atom. The van der Waals surface area contributed by atoms with Crippen molar-refractivity contribution in [2.75, 3.05) is 45.2 Å². The lowest BCUT2D eigenvalue weighted by Crippen LogP contribution is -2.54. The number of ether oxygens (including phenoxy) is 1. The number of H-pyrrole nitrogens is 1. The normalized spacial score (nSPS) is 17.4. The number of amides is 3. The van der Waals surface area contributed by atoms with Gasteiger partial charge in [0, 0.05) is 59.8 Å². The van der Waals surface area contributed by atoms with Crippen molar-refractivity contribution < 1.29 is 19.1 Å². The molecule has 6 rings (SSSR count). The van der Waals surface area contributed by atoms with Crippen LogP contribution in [0.2, 0.25) is 5.02 Å². The highest BCUT2D eigenvalue weighted by atomic mass is 35.5. The lowest BCUT2D eigenvalue weighted by Gasteiger charge is -2.37. The molecule has 1 fully saturated rings. The van der Waals surface area contributed by atoms with E-state index >= 15 is 0 Å². The highest BCUT2D eigenvalue weighted by Gasteiger charge is 2.36. The van der Waals surface area contributed by atoms with Crippen LogP contribution in [0.15, 0.2) is 72.9 Å². The van der Waals surface area contributed by atoms with Gasteiger partial charge in [0.1, 0.15) is 11.8 Å². The van der Waals surface area contributed by atoms with E-state index in [0.29, 0.717) is 55.2 Å². The lowest BCUT2D eigenvalue weighted by atomic mass is 9.91. The lowest BCUT2D eigenvalue weighted by molar-refractivity contribution is -0.131. The fourth-order valence-electron chi connectivity index (χ4n) is 6.88. The maximum absolute atomic E-state index is 14.5. The third-order valence-electron chi connectivity index (χ3n) is 9.24. The van der Waals surface area contributed by atoms with E-state index < -0.39 is 6.04 Å². The molecule has 10 heteroatoms. The molecule has 4 aromatic rings. The number of carbonyl (C=O) groups excluding carboxylic acids is 3. The second-order valence-corrected chi connectivity index (χ2v) is 12.7. The van der Waals surface area contributed by atoms with Crippen molar-refractivity contribution in [1.82, 2.24) is 20.5 Å². The molecule has 2 aliphatic heterocycles. The minimum atomic E-state index is -0.781. The minimum Gasteiger partial charge on any atom is -0.496 e. The van der Waals surface area contributed by atoms with E-state index in [1.165, 1.54) is 0 Å². The van der Waals surface area contributed by atoms with Gasteiger partial charge in [0.2, 0.25) is 11.8 Å². The number of methoxy groups -OCH3 is 1. The predicted molar refractivity (Wildman–Crippen MR) is 180 cm³/mol. The molecule has 3 aromatic carbocycles. The Labute approximate surface area is 274 Å². The van der Waals surface area contributed by atoms with Crippen LogP contribution >= 0.6 is 11.6 Å². The Balaban J connectivity index is 1.22. The molecular weight excluding hydrogens is 602 g/mol. The predicted octanol–water partition coefficient (Wildman–Crippen LogP) is 4.83. The molecule has 1 aromatic heterocycles. The fourth-order valence-corrected chi connectivity index (χ4v) is 7.08. The summed E-state index contributed by atoms with van der Waals surface area (Å²) in [7, 11) is 3.46. The molecule has 0 bridgehead atoms. The number of rotatable bonds is 9. The number of fused-ring (bicyclic) bond motifs is 2. The number of halogens is 1. The first-order valence-corrected chi connectivity index (χ1v) is 16.3. The molecule has 3 amide bonds. The average Bonchev–Trinajstić information content (AvgIpc) is 3.49. The summed E-state index contributed by atoms with van der Waals surface area (Å²) in [6, 6.07) is 20.0. The van der Waals surface area contributed by atoms with Crippen LogP contribution in [0.4, 0.5) is 5.69 Å². The van der Waals surface area contributed by atoms with Crippen LogP contribution in [0.1, 0.15) is 34.3 Å². The summed E-state index contributed by atoms with van der Waals surface area (Å²) in [5.41, 5.74) is 4.32. The first kappa shape index (κ1) is 31.6. The zero-order chi connectivity index (χ0) is 32.2. The highest BCUT2D eigenvalue weighted by Crippen LogP contribution is 2.33. The average molecular weight is 642 g/mol. The van der Waals surface area contributed by atoms with Crippen LogP contribution in [-0.4, -0.2) is 74.0 Å². The smallest absolute Gasteiger partial charge is 0.257 e. The standard InChI is InChI=1S/C36H40ClN5O4/c1-38-20-23-17-25-18-27(37)11-12-32(25)42(22-23)36(45)31(19-26-21-39-30-9-5-3-7-28(26)30)40-34(43)24-13-15-41(16-14-24)35(44)29-8-4-6-10-33(29)46-2/h3-12,18,21,23-24,31,38-39H,13-17,19-20,22H2,1-2H3,(H,40,43)/t23?,31-/m1/s1. The Morgan fingerprint density at radius 2 is 1.80 bits per heavy atom. The Kier molecular flexibility index (Phi) is 9.61. The van der Waals surface area contributed by atoms with E-state index in [-0.39, 0.29) is 29.6 Å². The summed E-state index contributed by atoms with van der Waals surface area (Å²) >= 11 is 6.37. The van der Waals surface area contributed by atoms with Crippen LogP contribution in [-0.2, 0) is 22.4 Å². The number of hydrogen-bond acceptors (Lipinski definition) is 5. The molecule has 0 radical (unpaired) electrons. The molecular formula is C36H40ClN5O4. The monoisotopic (exact) mass is 641 g/mol. The van der Waals surface area contributed by atoms with Crippen molar-refractivity contribution in [2.24, 2.45) is 11.8 Å². The van der Waals surface area contributed by atoms with Crippen molar-refractivity contribution in [2.45, 2.75) is 31.7 Å². The van der Waals surface area contributed by atoms with Crippen LogP contribution < -0.4 is 20.3 Å². The maximum atomic E-state index is 14.5. The number of carbonyl (C=O) groups is 3. The van der Waals surface area contributed by atoms with Crippen molar-refractivity contribution in [3.05, 3.63) is 94.6 Å². The van der Waals surface area contributed by atoms with E-state index in [2.05, 4.69) is 15.6 Å². The summed E-state index contributed by atoms with van der Waals surface area (Å²) in [4.78, 5) is 48.5. The van der Waals surface area contributed by atoms with E-state index in [9.17, 15) is 14.4 Å². The summed E-state index contributed by atoms with van der Waals surface area (Å²) in [6.07, 6.45) is 4.10. The molecule has 1 saturated heterocycles. The van der Waals surface area contributed by atoms with Gasteiger partial charge in [-0.05, 0) is 86.3 Å². The van der Waals surface area contributed by atoms with Gasteiger partial charge in [-0.1, -0.05) is 41.9 Å². The third-order valence-corrected chi connectivity index (χ3v) is 9.48. The van der Waals surface area contributed by atoms with Gasteiger partial charge in [0.05, 0.1) is 12.7 Å². The van der Waals surface area contributed by atoms with Gasteiger partial charge in [0.25, 0.3) is 5.91 Å². The van der Waals surface area contributed by atoms with Crippen molar-refractivity contribution in [3.63, 3.8) is 0 Å². The van der Waals surface area contributed by atoms with Crippen LogP contribution in [0, 0.1) is 11.8 Å². The van der Waals surface area contributed by atoms with E-state index in [1.54, 1.807) is 24.1 Å². The van der Waals surface area contributed by atoms with E-state index in [4.69, 9.17) is 16.3 Å². The highest BCUT2D eigenvalue weighted by molar-refractivity contribution is 6.30. The maximum Gasteiger partial charge on any atom is 0.257 e. The molecule has 2 atom stereocenters. The summed E-state index contributed by atoms with van der Waals surface area (Å²) in [5, 5.41) is 8.07. The molecule has 0 saturated carbocycles. The first-order valence-electron chi connectivity index (χ1n) is 15.9. The number of aromatic nitrogens is 1. The van der Waals surface area contributed by atoms with Gasteiger partial charge in [0.15, 0.2) is 0 Å². The van der Waals surface area contributed by atoms with Crippen LogP contribution in [0.3, 0.4) is 0 Å². The van der Waals surface area contributed by atoms with Crippen LogP contribution in [0.5, 0.6) is 5.75 Å². The SMILES string of the molecule is CNCC1Cc2cc(Cl)ccc2N(C(=O)[C@@H](Cc2c[nH]c3ccccc23)NC(=O)C2CCN(C(=O)c3ccccc3OC)CC2)C1. The van der Waals surface area contributed by atoms with Gasteiger partial charge in [-0.2, -0.15) is 0 Å². The fraction of sp³-hybridized carbons (Fsp3) is 0.361. The van der Waals surface area contributed by atoms with Gasteiger partial charge in [-0.3, -0.25) is 14.4 Å². The number of anilines is 1. The molecule has 46 heavy (non-hydrogen) atoms. The second-order valence-electron chi connectivity index (χ2n) is 12.2. The van der Waals surface area contributed by atoms with E-state index in [1.807, 2.05) is 72.7 Å². The van der Waals surface area contributed by atoms with Crippen molar-refractivity contribution in [3.8, 4) is 5.75 Å². The minimum absolute atomic E-state index is 0.108. The number of hydrogen-bond donors (Lipinski definition) is 3. The molecule has 240 valence electrons. The topological polar surface area (TPSA) is 107 Å². The number of para-hydroxylation sites is 2. The van der Waals surface area contributed by atoms with E-state index in [0.717, 1.165) is 40.7 Å². The Bertz CT molecular complexity index is 1730. The molecule has 0 spiro atoms. The zero-order valence-corrected chi connectivity index (χ0v) is 27.0. The number of nitrogens with one attached hydrogen (secondary N) is 3. The summed E-state index contributed by atoms with van der Waals surface area (Å²) in [6.45, 7) is 2.18. The Hall–Kier alpha value is -4.34. The second kappa shape index (κ2) is 14.0. The largest absolute Gasteiger partial charge is 0.496 e. The van der Waals surface area contributed by atoms with Gasteiger partial charge in [-0.25, -0.2) is 0 Å². The number of piperidine rings is 1. The zero-order valence-electron chi connectivity index (χ0n) is 26.2. The first-order chi connectivity index (χ1) is 22.4. The number of nitrogens with zero attached hydrogens (tertiary/aromatic N) is 2. The number of benzene rings is 3. The van der Waals surface area contributed by atoms with Crippen LogP contribution in [0.25, 0.3) is 10.9 Å². The van der Waals surface area contributed by atoms with Gasteiger partial charge < -0.3 is 30.2 Å². The molecule has 3 heterocycles. The van der Waals surface area contributed by atoms with Gasteiger partial charge >= 0.3 is 0 Å². The van der Waals surface area contributed by atoms with Crippen molar-refractivity contribution in [1.29, 1.82) is 0 Å². The summed E-state index contributed by atoms with van der Waals surface area (Å²) in [5.74, 6) is 0.00151. The quantitative estimate of drug-likeness (QED) is 0.243. The van der Waals surface area contributed by atoms with Crippen molar-refractivity contribution >= 4 is 45.9 Å². The molecule has 3 N–H and O–H groups in total. The summed E-state index contributed by atoms with van der Waals surface area (Å²) < 4.78 is 5.39. The molecule has 9 nitrogen and oxygen atoms in total. The van der Waals surface area contributed by atoms with Gasteiger partial charge in [-0.15, -0.1) is 0 Å². The molecule has 1 unspecified atom stereocenters. The molecule has 0 aliphatic carbocycles. The molecule has 2 aliphatic rings. The number of likely N-dealkylation sites (tertiary alicyclic amines) is 1. The third kappa shape index (κ3) is 6.62. The Morgan fingerprint density at radius 1 is 1.04 bits per heavy atom.